The number of hydrogen-bond acceptors (Lipinski definition) is 2. The number of rotatable bonds is 3. The molecular formula is C15H16N2O2. The molecule has 2 rings (SSSR count). The third-order valence-electron chi connectivity index (χ3n) is 2.96. The Labute approximate surface area is 111 Å². The van der Waals surface area contributed by atoms with Gasteiger partial charge in [-0.1, -0.05) is 24.3 Å². The number of aromatic nitrogens is 1. The van der Waals surface area contributed by atoms with Gasteiger partial charge in [-0.25, -0.2) is 0 Å². The van der Waals surface area contributed by atoms with Gasteiger partial charge in [0.25, 0.3) is 11.5 Å². The van der Waals surface area contributed by atoms with Crippen molar-refractivity contribution in [3.63, 3.8) is 0 Å². The molecule has 0 spiro atoms. The first-order valence-electron chi connectivity index (χ1n) is 6.01. The average molecular weight is 256 g/mol. The Morgan fingerprint density at radius 1 is 1.37 bits per heavy atom. The SMILES string of the molecule is C=CCn1c(C(=O)N(C)C)cc2ccccc2c1=O. The molecule has 4 nitrogen and oxygen atoms in total. The normalized spacial score (nSPS) is 10.4. The van der Waals surface area contributed by atoms with E-state index in [9.17, 15) is 9.59 Å². The predicted molar refractivity (Wildman–Crippen MR) is 76.4 cm³/mol. The fourth-order valence-corrected chi connectivity index (χ4v) is 2.01. The van der Waals surface area contributed by atoms with Gasteiger partial charge in [0.15, 0.2) is 0 Å². The van der Waals surface area contributed by atoms with Crippen LogP contribution in [0.4, 0.5) is 0 Å². The summed E-state index contributed by atoms with van der Waals surface area (Å²) in [5.41, 5.74) is 0.219. The summed E-state index contributed by atoms with van der Waals surface area (Å²) in [7, 11) is 3.33. The molecule has 0 aliphatic rings. The topological polar surface area (TPSA) is 42.3 Å². The molecule has 0 N–H and O–H groups in total. The fourth-order valence-electron chi connectivity index (χ4n) is 2.01. The van der Waals surface area contributed by atoms with E-state index in [1.165, 1.54) is 9.47 Å². The van der Waals surface area contributed by atoms with E-state index in [0.717, 1.165) is 5.39 Å². The maximum absolute atomic E-state index is 12.4. The molecule has 1 heterocycles. The quantitative estimate of drug-likeness (QED) is 0.787. The van der Waals surface area contributed by atoms with Gasteiger partial charge >= 0.3 is 0 Å². The summed E-state index contributed by atoms with van der Waals surface area (Å²) in [5, 5.41) is 1.39. The van der Waals surface area contributed by atoms with Crippen molar-refractivity contribution >= 4 is 16.7 Å². The molecule has 0 aliphatic heterocycles. The number of pyridine rings is 1. The standard InChI is InChI=1S/C15H16N2O2/c1-4-9-17-13(15(19)16(2)3)10-11-7-5-6-8-12(11)14(17)18/h4-8,10H,1,9H2,2-3H3. The van der Waals surface area contributed by atoms with Crippen LogP contribution >= 0.6 is 0 Å². The molecule has 1 aromatic heterocycles. The van der Waals surface area contributed by atoms with E-state index in [4.69, 9.17) is 0 Å². The molecule has 1 amide bonds. The molecule has 1 aromatic carbocycles. The number of amides is 1. The molecular weight excluding hydrogens is 240 g/mol. The van der Waals surface area contributed by atoms with E-state index in [2.05, 4.69) is 6.58 Å². The van der Waals surface area contributed by atoms with E-state index >= 15 is 0 Å². The lowest BCUT2D eigenvalue weighted by Gasteiger charge is -2.16. The lowest BCUT2D eigenvalue weighted by Crippen LogP contribution is -2.31. The van der Waals surface area contributed by atoms with Gasteiger partial charge in [0.2, 0.25) is 0 Å². The summed E-state index contributed by atoms with van der Waals surface area (Å²) in [5.74, 6) is -0.190. The van der Waals surface area contributed by atoms with Gasteiger partial charge < -0.3 is 4.90 Å². The maximum atomic E-state index is 12.4. The van der Waals surface area contributed by atoms with Gasteiger partial charge in [-0.05, 0) is 17.5 Å². The zero-order valence-corrected chi connectivity index (χ0v) is 11.1. The minimum atomic E-state index is -0.190. The molecule has 2 aromatic rings. The Morgan fingerprint density at radius 2 is 2.05 bits per heavy atom. The van der Waals surface area contributed by atoms with E-state index in [-0.39, 0.29) is 11.5 Å². The molecule has 98 valence electrons. The van der Waals surface area contributed by atoms with Crippen LogP contribution in [0.25, 0.3) is 10.8 Å². The van der Waals surface area contributed by atoms with Crippen molar-refractivity contribution in [2.24, 2.45) is 0 Å². The zero-order valence-electron chi connectivity index (χ0n) is 11.1. The summed E-state index contributed by atoms with van der Waals surface area (Å²) in [6, 6.07) is 9.02. The zero-order chi connectivity index (χ0) is 14.0. The van der Waals surface area contributed by atoms with E-state index in [1.54, 1.807) is 32.3 Å². The summed E-state index contributed by atoms with van der Waals surface area (Å²) >= 11 is 0. The Hall–Kier alpha value is -2.36. The predicted octanol–water partition coefficient (Wildman–Crippen LogP) is 1.89. The third-order valence-corrected chi connectivity index (χ3v) is 2.96. The third kappa shape index (κ3) is 2.29. The first kappa shape index (κ1) is 13.1. The summed E-state index contributed by atoms with van der Waals surface area (Å²) in [6.45, 7) is 3.96. The molecule has 19 heavy (non-hydrogen) atoms. The monoisotopic (exact) mass is 256 g/mol. The number of fused-ring (bicyclic) bond motifs is 1. The van der Waals surface area contributed by atoms with E-state index < -0.39 is 0 Å². The van der Waals surface area contributed by atoms with Crippen LogP contribution in [-0.2, 0) is 6.54 Å². The smallest absolute Gasteiger partial charge is 0.270 e. The van der Waals surface area contributed by atoms with Gasteiger partial charge in [-0.3, -0.25) is 14.2 Å². The number of benzene rings is 1. The Bertz CT molecular complexity index is 699. The fraction of sp³-hybridized carbons (Fsp3) is 0.200. The van der Waals surface area contributed by atoms with E-state index in [0.29, 0.717) is 17.6 Å². The second kappa shape index (κ2) is 5.10. The highest BCUT2D eigenvalue weighted by atomic mass is 16.2. The number of carbonyl (C=O) groups excluding carboxylic acids is 1. The molecule has 0 saturated carbocycles. The van der Waals surface area contributed by atoms with Crippen molar-refractivity contribution in [2.45, 2.75) is 6.54 Å². The Kier molecular flexibility index (Phi) is 3.51. The van der Waals surface area contributed by atoms with Crippen molar-refractivity contribution < 1.29 is 4.79 Å². The van der Waals surface area contributed by atoms with Crippen LogP contribution in [0.5, 0.6) is 0 Å². The van der Waals surface area contributed by atoms with Crippen LogP contribution in [0.2, 0.25) is 0 Å². The number of hydrogen-bond donors (Lipinski definition) is 0. The highest BCUT2D eigenvalue weighted by Gasteiger charge is 2.15. The summed E-state index contributed by atoms with van der Waals surface area (Å²) in [6.07, 6.45) is 1.61. The molecule has 0 bridgehead atoms. The van der Waals surface area contributed by atoms with Gasteiger partial charge in [-0.15, -0.1) is 6.58 Å². The average Bonchev–Trinajstić information content (AvgIpc) is 2.41. The van der Waals surface area contributed by atoms with Gasteiger partial charge in [-0.2, -0.15) is 0 Å². The van der Waals surface area contributed by atoms with Crippen molar-refractivity contribution in [1.82, 2.24) is 9.47 Å². The first-order chi connectivity index (χ1) is 9.06. The van der Waals surface area contributed by atoms with Crippen LogP contribution < -0.4 is 5.56 Å². The first-order valence-corrected chi connectivity index (χ1v) is 6.01. The highest BCUT2D eigenvalue weighted by molar-refractivity contribution is 5.96. The molecule has 0 atom stereocenters. The van der Waals surface area contributed by atoms with Crippen molar-refractivity contribution in [2.75, 3.05) is 14.1 Å². The Balaban J connectivity index is 2.81. The van der Waals surface area contributed by atoms with Crippen LogP contribution in [0.3, 0.4) is 0 Å². The molecule has 0 aliphatic carbocycles. The van der Waals surface area contributed by atoms with Crippen molar-refractivity contribution in [3.05, 3.63) is 59.0 Å². The second-order valence-corrected chi connectivity index (χ2v) is 4.52. The van der Waals surface area contributed by atoms with Crippen LogP contribution in [-0.4, -0.2) is 29.5 Å². The molecule has 0 fully saturated rings. The lowest BCUT2D eigenvalue weighted by atomic mass is 10.1. The van der Waals surface area contributed by atoms with Gasteiger partial charge in [0, 0.05) is 26.0 Å². The summed E-state index contributed by atoms with van der Waals surface area (Å²) in [4.78, 5) is 26.0. The molecule has 0 saturated heterocycles. The number of allylic oxidation sites excluding steroid dienone is 1. The summed E-state index contributed by atoms with van der Waals surface area (Å²) < 4.78 is 1.46. The Morgan fingerprint density at radius 3 is 2.68 bits per heavy atom. The minimum Gasteiger partial charge on any atom is -0.343 e. The van der Waals surface area contributed by atoms with Crippen LogP contribution in [0.15, 0.2) is 47.8 Å². The minimum absolute atomic E-state index is 0.164. The second-order valence-electron chi connectivity index (χ2n) is 4.52. The largest absolute Gasteiger partial charge is 0.343 e. The molecule has 4 heteroatoms. The van der Waals surface area contributed by atoms with Crippen molar-refractivity contribution in [3.8, 4) is 0 Å². The van der Waals surface area contributed by atoms with Gasteiger partial charge in [0.05, 0.1) is 0 Å². The van der Waals surface area contributed by atoms with Crippen molar-refractivity contribution in [1.29, 1.82) is 0 Å². The lowest BCUT2D eigenvalue weighted by molar-refractivity contribution is 0.0816. The van der Waals surface area contributed by atoms with E-state index in [1.807, 2.05) is 18.2 Å². The molecule has 0 unspecified atom stereocenters. The van der Waals surface area contributed by atoms with Crippen LogP contribution in [0.1, 0.15) is 10.5 Å². The number of nitrogens with zero attached hydrogens (tertiary/aromatic N) is 2. The van der Waals surface area contributed by atoms with Gasteiger partial charge in [0.1, 0.15) is 5.69 Å². The van der Waals surface area contributed by atoms with Crippen LogP contribution in [0, 0.1) is 0 Å². The number of carbonyl (C=O) groups is 1. The molecule has 0 radical (unpaired) electrons. The maximum Gasteiger partial charge on any atom is 0.270 e. The highest BCUT2D eigenvalue weighted by Crippen LogP contribution is 2.13.